The summed E-state index contributed by atoms with van der Waals surface area (Å²) < 4.78 is 5.84. The molecule has 1 aliphatic heterocycles. The molecule has 1 N–H and O–H groups in total. The first-order chi connectivity index (χ1) is 8.15. The molecule has 0 aliphatic carbocycles. The van der Waals surface area contributed by atoms with Crippen molar-refractivity contribution >= 4 is 33.8 Å². The highest BCUT2D eigenvalue weighted by Crippen LogP contribution is 2.15. The number of piperazine rings is 1. The largest absolute Gasteiger partial charge is 0.450 e. The van der Waals surface area contributed by atoms with Gasteiger partial charge in [-0.2, -0.15) is 0 Å². The summed E-state index contributed by atoms with van der Waals surface area (Å²) in [6, 6.07) is 3.50. The summed E-state index contributed by atoms with van der Waals surface area (Å²) in [5.41, 5.74) is 0. The van der Waals surface area contributed by atoms with E-state index in [0.29, 0.717) is 23.5 Å². The van der Waals surface area contributed by atoms with E-state index >= 15 is 0 Å². The summed E-state index contributed by atoms with van der Waals surface area (Å²) in [4.78, 5) is 24.3. The fraction of sp³-hybridized carbons (Fsp3) is 0.273. The molecule has 1 aromatic heterocycles. The fourth-order valence-corrected chi connectivity index (χ4v) is 1.82. The zero-order chi connectivity index (χ0) is 12.3. The Bertz CT molecular complexity index is 467. The maximum Gasteiger partial charge on any atom is 0.247 e. The predicted octanol–water partition coefficient (Wildman–Crippen LogP) is 1.01. The summed E-state index contributed by atoms with van der Waals surface area (Å²) in [5.74, 6) is 0.276. The summed E-state index contributed by atoms with van der Waals surface area (Å²) in [6.45, 7) is 1.16. The summed E-state index contributed by atoms with van der Waals surface area (Å²) in [6.07, 6.45) is 2.99. The van der Waals surface area contributed by atoms with Crippen LogP contribution < -0.4 is 5.32 Å². The van der Waals surface area contributed by atoms with Crippen LogP contribution in [0.3, 0.4) is 0 Å². The van der Waals surface area contributed by atoms with E-state index in [1.807, 2.05) is 0 Å². The standard InChI is InChI=1S/C11H11BrN2O3/c12-9-3-1-8(17-9)2-4-11(16)14-6-5-13-10(15)7-14/h1-4H,5-7H2,(H,13,15). The first-order valence-corrected chi connectivity index (χ1v) is 5.93. The molecule has 1 saturated heterocycles. The van der Waals surface area contributed by atoms with Crippen LogP contribution in [0, 0.1) is 0 Å². The van der Waals surface area contributed by atoms with Gasteiger partial charge in [0.2, 0.25) is 11.8 Å². The number of amides is 2. The molecule has 1 aromatic rings. The van der Waals surface area contributed by atoms with Crippen LogP contribution in [0.25, 0.3) is 6.08 Å². The van der Waals surface area contributed by atoms with Gasteiger partial charge in [0.15, 0.2) is 4.67 Å². The van der Waals surface area contributed by atoms with Gasteiger partial charge in [-0.1, -0.05) is 0 Å². The van der Waals surface area contributed by atoms with Gasteiger partial charge < -0.3 is 14.6 Å². The highest BCUT2D eigenvalue weighted by molar-refractivity contribution is 9.10. The molecule has 2 amide bonds. The predicted molar refractivity (Wildman–Crippen MR) is 65.0 cm³/mol. The highest BCUT2D eigenvalue weighted by Gasteiger charge is 2.18. The first kappa shape index (κ1) is 11.9. The Kier molecular flexibility index (Phi) is 3.63. The van der Waals surface area contributed by atoms with Gasteiger partial charge in [-0.05, 0) is 34.1 Å². The van der Waals surface area contributed by atoms with Crippen LogP contribution in [0.4, 0.5) is 0 Å². The number of hydrogen-bond acceptors (Lipinski definition) is 3. The van der Waals surface area contributed by atoms with Crippen LogP contribution in [0.1, 0.15) is 5.76 Å². The third-order valence-corrected chi connectivity index (χ3v) is 2.76. The number of nitrogens with one attached hydrogen (secondary N) is 1. The number of rotatable bonds is 2. The molecule has 17 heavy (non-hydrogen) atoms. The van der Waals surface area contributed by atoms with Crippen LogP contribution >= 0.6 is 15.9 Å². The normalized spacial score (nSPS) is 16.3. The minimum absolute atomic E-state index is 0.116. The van der Waals surface area contributed by atoms with Gasteiger partial charge >= 0.3 is 0 Å². The Morgan fingerprint density at radius 3 is 3.00 bits per heavy atom. The minimum Gasteiger partial charge on any atom is -0.450 e. The fourth-order valence-electron chi connectivity index (χ4n) is 1.50. The van der Waals surface area contributed by atoms with Crippen LogP contribution in [0.2, 0.25) is 0 Å². The Morgan fingerprint density at radius 2 is 2.35 bits per heavy atom. The van der Waals surface area contributed by atoms with Crippen molar-refractivity contribution in [1.82, 2.24) is 10.2 Å². The van der Waals surface area contributed by atoms with E-state index in [1.165, 1.54) is 11.0 Å². The van der Waals surface area contributed by atoms with Crippen molar-refractivity contribution in [2.75, 3.05) is 19.6 Å². The lowest BCUT2D eigenvalue weighted by Gasteiger charge is -2.25. The molecule has 6 heteroatoms. The molecule has 2 heterocycles. The molecule has 0 saturated carbocycles. The van der Waals surface area contributed by atoms with Gasteiger partial charge in [0.1, 0.15) is 5.76 Å². The van der Waals surface area contributed by atoms with E-state index in [0.717, 1.165) is 0 Å². The van der Waals surface area contributed by atoms with Crippen molar-refractivity contribution < 1.29 is 14.0 Å². The Balaban J connectivity index is 1.96. The quantitative estimate of drug-likeness (QED) is 0.829. The van der Waals surface area contributed by atoms with Crippen molar-refractivity contribution in [3.8, 4) is 0 Å². The number of carbonyl (C=O) groups excluding carboxylic acids is 2. The SMILES string of the molecule is O=C1CN(C(=O)C=Cc2ccc(Br)o2)CCN1. The van der Waals surface area contributed by atoms with Crippen molar-refractivity contribution in [2.24, 2.45) is 0 Å². The lowest BCUT2D eigenvalue weighted by atomic mass is 10.3. The molecule has 0 spiro atoms. The van der Waals surface area contributed by atoms with Crippen molar-refractivity contribution in [3.63, 3.8) is 0 Å². The summed E-state index contributed by atoms with van der Waals surface area (Å²) >= 11 is 3.17. The van der Waals surface area contributed by atoms with Gasteiger partial charge in [0, 0.05) is 19.2 Å². The average Bonchev–Trinajstić information content (AvgIpc) is 2.72. The molecule has 0 aromatic carbocycles. The van der Waals surface area contributed by atoms with Crippen LogP contribution in [-0.4, -0.2) is 36.3 Å². The molecule has 0 unspecified atom stereocenters. The second-order valence-electron chi connectivity index (χ2n) is 3.58. The van der Waals surface area contributed by atoms with E-state index in [2.05, 4.69) is 21.2 Å². The number of hydrogen-bond donors (Lipinski definition) is 1. The summed E-state index contributed by atoms with van der Waals surface area (Å²) in [7, 11) is 0. The lowest BCUT2D eigenvalue weighted by Crippen LogP contribution is -2.49. The molecule has 1 aliphatic rings. The molecule has 1 fully saturated rings. The smallest absolute Gasteiger partial charge is 0.247 e. The van der Waals surface area contributed by atoms with E-state index in [4.69, 9.17) is 4.42 Å². The molecule has 0 radical (unpaired) electrons. The van der Waals surface area contributed by atoms with Gasteiger partial charge in [0.05, 0.1) is 6.54 Å². The number of nitrogens with zero attached hydrogens (tertiary/aromatic N) is 1. The van der Waals surface area contributed by atoms with Crippen molar-refractivity contribution in [2.45, 2.75) is 0 Å². The average molecular weight is 299 g/mol. The molecular formula is C11H11BrN2O3. The minimum atomic E-state index is -0.188. The van der Waals surface area contributed by atoms with E-state index in [9.17, 15) is 9.59 Å². The molecule has 0 bridgehead atoms. The van der Waals surface area contributed by atoms with Crippen LogP contribution in [-0.2, 0) is 9.59 Å². The number of halogens is 1. The lowest BCUT2D eigenvalue weighted by molar-refractivity contribution is -0.134. The van der Waals surface area contributed by atoms with Crippen molar-refractivity contribution in [1.29, 1.82) is 0 Å². The Hall–Kier alpha value is -1.56. The monoisotopic (exact) mass is 298 g/mol. The van der Waals surface area contributed by atoms with Crippen LogP contribution in [0.5, 0.6) is 0 Å². The van der Waals surface area contributed by atoms with Crippen molar-refractivity contribution in [3.05, 3.63) is 28.6 Å². The molecule has 0 atom stereocenters. The maximum absolute atomic E-state index is 11.7. The Morgan fingerprint density at radius 1 is 1.53 bits per heavy atom. The topological polar surface area (TPSA) is 62.6 Å². The third kappa shape index (κ3) is 3.20. The van der Waals surface area contributed by atoms with Gasteiger partial charge in [0.25, 0.3) is 0 Å². The zero-order valence-electron chi connectivity index (χ0n) is 8.98. The number of furan rings is 1. The van der Waals surface area contributed by atoms with Gasteiger partial charge in [-0.15, -0.1) is 0 Å². The molecule has 5 nitrogen and oxygen atoms in total. The zero-order valence-corrected chi connectivity index (χ0v) is 10.6. The van der Waals surface area contributed by atoms with Gasteiger partial charge in [-0.25, -0.2) is 0 Å². The second kappa shape index (κ2) is 5.18. The summed E-state index contributed by atoms with van der Waals surface area (Å²) in [5, 5.41) is 2.66. The third-order valence-electron chi connectivity index (χ3n) is 2.33. The first-order valence-electron chi connectivity index (χ1n) is 5.14. The Labute approximate surface area is 107 Å². The van der Waals surface area contributed by atoms with E-state index in [-0.39, 0.29) is 18.4 Å². The van der Waals surface area contributed by atoms with E-state index < -0.39 is 0 Å². The molecule has 90 valence electrons. The number of carbonyl (C=O) groups is 2. The van der Waals surface area contributed by atoms with Gasteiger partial charge in [-0.3, -0.25) is 9.59 Å². The molecular weight excluding hydrogens is 288 g/mol. The maximum atomic E-state index is 11.7. The highest BCUT2D eigenvalue weighted by atomic mass is 79.9. The molecule has 2 rings (SSSR count). The second-order valence-corrected chi connectivity index (χ2v) is 4.37. The van der Waals surface area contributed by atoms with E-state index in [1.54, 1.807) is 18.2 Å². The van der Waals surface area contributed by atoms with Crippen LogP contribution in [0.15, 0.2) is 27.3 Å².